The van der Waals surface area contributed by atoms with Crippen molar-refractivity contribution in [3.8, 4) is 28.3 Å². The van der Waals surface area contributed by atoms with Gasteiger partial charge in [-0.05, 0) is 44.8 Å². The molecular weight excluding hydrogens is 392 g/mol. The van der Waals surface area contributed by atoms with Crippen molar-refractivity contribution in [1.29, 1.82) is 0 Å². The van der Waals surface area contributed by atoms with E-state index in [4.69, 9.17) is 9.47 Å². The van der Waals surface area contributed by atoms with E-state index in [0.717, 1.165) is 33.6 Å². The molecule has 0 fully saturated rings. The summed E-state index contributed by atoms with van der Waals surface area (Å²) in [5, 5.41) is 12.4. The number of carbonyl (C=O) groups excluding carboxylic acids is 1. The van der Waals surface area contributed by atoms with Crippen molar-refractivity contribution in [1.82, 2.24) is 20.2 Å². The largest absolute Gasteiger partial charge is 0.497 e. The lowest BCUT2D eigenvalue weighted by atomic mass is 9.98. The minimum absolute atomic E-state index is 0.261. The first kappa shape index (κ1) is 20.3. The van der Waals surface area contributed by atoms with E-state index < -0.39 is 0 Å². The Labute approximate surface area is 180 Å². The summed E-state index contributed by atoms with van der Waals surface area (Å²) in [7, 11) is 1.65. The summed E-state index contributed by atoms with van der Waals surface area (Å²) in [6, 6.07) is 23.8. The smallest absolute Gasteiger partial charge is 0.302 e. The van der Waals surface area contributed by atoms with Gasteiger partial charge in [0.25, 0.3) is 0 Å². The molecule has 7 heteroatoms. The molecule has 0 amide bonds. The fourth-order valence-corrected chi connectivity index (χ4v) is 3.30. The lowest BCUT2D eigenvalue weighted by Gasteiger charge is -2.11. The van der Waals surface area contributed by atoms with Gasteiger partial charge in [0, 0.05) is 12.5 Å². The van der Waals surface area contributed by atoms with Crippen LogP contribution in [0.2, 0.25) is 0 Å². The van der Waals surface area contributed by atoms with Crippen molar-refractivity contribution < 1.29 is 14.3 Å². The van der Waals surface area contributed by atoms with Gasteiger partial charge in [-0.1, -0.05) is 60.7 Å². The number of aromatic nitrogens is 4. The average molecular weight is 414 g/mol. The Morgan fingerprint density at radius 1 is 0.903 bits per heavy atom. The van der Waals surface area contributed by atoms with Crippen molar-refractivity contribution in [3.05, 3.63) is 83.9 Å². The Bertz CT molecular complexity index is 1170. The van der Waals surface area contributed by atoms with Gasteiger partial charge in [-0.3, -0.25) is 4.79 Å². The van der Waals surface area contributed by atoms with Gasteiger partial charge in [-0.15, -0.1) is 5.10 Å². The maximum Gasteiger partial charge on any atom is 0.302 e. The van der Waals surface area contributed by atoms with E-state index in [0.29, 0.717) is 12.4 Å². The molecule has 0 aliphatic carbocycles. The normalized spacial score (nSPS) is 10.6. The minimum atomic E-state index is -0.293. The molecule has 0 aliphatic rings. The number of esters is 1. The summed E-state index contributed by atoms with van der Waals surface area (Å²) in [6.45, 7) is 2.21. The molecule has 0 saturated carbocycles. The highest BCUT2D eigenvalue weighted by atomic mass is 16.5. The molecule has 3 aromatic carbocycles. The lowest BCUT2D eigenvalue weighted by molar-refractivity contribution is -0.142. The molecule has 31 heavy (non-hydrogen) atoms. The van der Waals surface area contributed by atoms with Crippen LogP contribution < -0.4 is 4.74 Å². The molecule has 0 bridgehead atoms. The van der Waals surface area contributed by atoms with E-state index in [1.54, 1.807) is 11.8 Å². The van der Waals surface area contributed by atoms with Crippen LogP contribution in [-0.4, -0.2) is 33.3 Å². The topological polar surface area (TPSA) is 79.1 Å². The highest BCUT2D eigenvalue weighted by molar-refractivity contribution is 5.80. The maximum absolute atomic E-state index is 11.0. The summed E-state index contributed by atoms with van der Waals surface area (Å²) in [4.78, 5) is 11.0. The van der Waals surface area contributed by atoms with Crippen molar-refractivity contribution in [2.24, 2.45) is 0 Å². The third kappa shape index (κ3) is 4.78. The highest BCUT2D eigenvalue weighted by Crippen LogP contribution is 2.31. The number of ether oxygens (including phenoxy) is 2. The number of hydrogen-bond acceptors (Lipinski definition) is 6. The van der Waals surface area contributed by atoms with E-state index in [2.05, 4.69) is 15.5 Å². The second kappa shape index (κ2) is 9.21. The SMILES string of the molecule is COc1ccc(Cn2nnnc2-c2ccccc2-c2ccc(COC(C)=O)cc2)cc1. The molecule has 0 aliphatic heterocycles. The first-order valence-corrected chi connectivity index (χ1v) is 9.85. The fraction of sp³-hybridized carbons (Fsp3) is 0.167. The first-order valence-electron chi connectivity index (χ1n) is 9.85. The van der Waals surface area contributed by atoms with Crippen LogP contribution in [0.5, 0.6) is 5.75 Å². The lowest BCUT2D eigenvalue weighted by Crippen LogP contribution is -2.05. The van der Waals surface area contributed by atoms with Crippen LogP contribution in [0.1, 0.15) is 18.1 Å². The van der Waals surface area contributed by atoms with E-state index in [-0.39, 0.29) is 12.6 Å². The Hall–Kier alpha value is -4.00. The van der Waals surface area contributed by atoms with Gasteiger partial charge in [-0.2, -0.15) is 0 Å². The molecule has 0 saturated heterocycles. The molecule has 4 rings (SSSR count). The Morgan fingerprint density at radius 3 is 2.26 bits per heavy atom. The molecule has 1 heterocycles. The molecule has 0 spiro atoms. The van der Waals surface area contributed by atoms with Crippen LogP contribution in [0, 0.1) is 0 Å². The van der Waals surface area contributed by atoms with E-state index in [9.17, 15) is 4.79 Å². The third-order valence-electron chi connectivity index (χ3n) is 4.90. The van der Waals surface area contributed by atoms with Gasteiger partial charge < -0.3 is 9.47 Å². The van der Waals surface area contributed by atoms with Crippen LogP contribution in [0.25, 0.3) is 22.5 Å². The number of benzene rings is 3. The molecular formula is C24H22N4O3. The number of nitrogens with zero attached hydrogens (tertiary/aromatic N) is 4. The van der Waals surface area contributed by atoms with Gasteiger partial charge in [0.2, 0.25) is 0 Å². The molecule has 0 atom stereocenters. The number of tetrazole rings is 1. The number of carbonyl (C=O) groups is 1. The summed E-state index contributed by atoms with van der Waals surface area (Å²) >= 11 is 0. The minimum Gasteiger partial charge on any atom is -0.497 e. The zero-order valence-corrected chi connectivity index (χ0v) is 17.4. The van der Waals surface area contributed by atoms with Crippen LogP contribution in [-0.2, 0) is 22.7 Å². The second-order valence-corrected chi connectivity index (χ2v) is 7.03. The van der Waals surface area contributed by atoms with E-state index in [1.807, 2.05) is 72.8 Å². The van der Waals surface area contributed by atoms with Crippen LogP contribution >= 0.6 is 0 Å². The fourth-order valence-electron chi connectivity index (χ4n) is 3.30. The first-order chi connectivity index (χ1) is 15.1. The van der Waals surface area contributed by atoms with Crippen molar-refractivity contribution in [3.63, 3.8) is 0 Å². The predicted molar refractivity (Wildman–Crippen MR) is 116 cm³/mol. The Morgan fingerprint density at radius 2 is 1.58 bits per heavy atom. The Kier molecular flexibility index (Phi) is 6.03. The van der Waals surface area contributed by atoms with Gasteiger partial charge in [-0.25, -0.2) is 4.68 Å². The summed E-state index contributed by atoms with van der Waals surface area (Å²) < 4.78 is 12.1. The van der Waals surface area contributed by atoms with E-state index in [1.165, 1.54) is 6.92 Å². The molecule has 1 aromatic heterocycles. The summed E-state index contributed by atoms with van der Waals surface area (Å²) in [5.41, 5.74) is 4.99. The van der Waals surface area contributed by atoms with Crippen LogP contribution in [0.4, 0.5) is 0 Å². The van der Waals surface area contributed by atoms with Gasteiger partial charge in [0.15, 0.2) is 5.82 Å². The molecule has 0 N–H and O–H groups in total. The number of methoxy groups -OCH3 is 1. The average Bonchev–Trinajstić information content (AvgIpc) is 3.26. The number of hydrogen-bond donors (Lipinski definition) is 0. The predicted octanol–water partition coefficient (Wildman–Crippen LogP) is 4.13. The van der Waals surface area contributed by atoms with Gasteiger partial charge in [0.1, 0.15) is 12.4 Å². The summed E-state index contributed by atoms with van der Waals surface area (Å²) in [6.07, 6.45) is 0. The second-order valence-electron chi connectivity index (χ2n) is 7.03. The molecule has 156 valence electrons. The zero-order valence-electron chi connectivity index (χ0n) is 17.4. The molecule has 0 unspecified atom stereocenters. The van der Waals surface area contributed by atoms with E-state index >= 15 is 0 Å². The maximum atomic E-state index is 11.0. The van der Waals surface area contributed by atoms with Crippen molar-refractivity contribution in [2.45, 2.75) is 20.1 Å². The molecule has 7 nitrogen and oxygen atoms in total. The van der Waals surface area contributed by atoms with Crippen LogP contribution in [0.15, 0.2) is 72.8 Å². The van der Waals surface area contributed by atoms with Crippen LogP contribution in [0.3, 0.4) is 0 Å². The van der Waals surface area contributed by atoms with Gasteiger partial charge >= 0.3 is 5.97 Å². The number of rotatable bonds is 7. The quantitative estimate of drug-likeness (QED) is 0.423. The molecule has 0 radical (unpaired) electrons. The highest BCUT2D eigenvalue weighted by Gasteiger charge is 2.14. The van der Waals surface area contributed by atoms with Crippen molar-refractivity contribution in [2.75, 3.05) is 7.11 Å². The standard InChI is InChI=1S/C24H22N4O3/c1-17(29)31-16-19-7-11-20(12-8-19)22-5-3-4-6-23(22)24-25-26-27-28(24)15-18-9-13-21(30-2)14-10-18/h3-14H,15-16H2,1-2H3. The van der Waals surface area contributed by atoms with Crippen molar-refractivity contribution >= 4 is 5.97 Å². The van der Waals surface area contributed by atoms with Gasteiger partial charge in [0.05, 0.1) is 13.7 Å². The molecule has 4 aromatic rings. The zero-order chi connectivity index (χ0) is 21.6. The summed E-state index contributed by atoms with van der Waals surface area (Å²) in [5.74, 6) is 1.21. The monoisotopic (exact) mass is 414 g/mol. The third-order valence-corrected chi connectivity index (χ3v) is 4.90. The Balaban J connectivity index is 1.62.